The van der Waals surface area contributed by atoms with Crippen molar-refractivity contribution >= 4 is 29.1 Å². The fourth-order valence-electron chi connectivity index (χ4n) is 3.57. The zero-order chi connectivity index (χ0) is 22.7. The van der Waals surface area contributed by atoms with Gasteiger partial charge in [-0.15, -0.1) is 0 Å². The molecule has 1 saturated heterocycles. The van der Waals surface area contributed by atoms with Crippen molar-refractivity contribution in [1.82, 2.24) is 4.90 Å². The maximum absolute atomic E-state index is 13.0. The molecule has 1 heterocycles. The largest absolute Gasteiger partial charge is 0.507 e. The van der Waals surface area contributed by atoms with E-state index < -0.39 is 17.7 Å². The smallest absolute Gasteiger partial charge is 0.295 e. The fraction of sp³-hybridized carbons (Fsp3) is 0.333. The van der Waals surface area contributed by atoms with E-state index >= 15 is 0 Å². The Hall–Kier alpha value is -2.83. The van der Waals surface area contributed by atoms with E-state index in [1.54, 1.807) is 48.5 Å². The van der Waals surface area contributed by atoms with Crippen LogP contribution in [0.5, 0.6) is 5.75 Å². The SMILES string of the molecule is CC(C)Oc1ccc(C(O)=C2C(=O)C(=O)N(CC[NH+](C)C)C2c2ccc(Cl)cc2)cc1. The molecule has 2 aromatic carbocycles. The first-order valence-electron chi connectivity index (χ1n) is 10.3. The van der Waals surface area contributed by atoms with Gasteiger partial charge in [0.05, 0.1) is 44.9 Å². The number of aliphatic hydroxyl groups is 1. The predicted octanol–water partition coefficient (Wildman–Crippen LogP) is 2.69. The van der Waals surface area contributed by atoms with Crippen LogP contribution in [0.1, 0.15) is 31.0 Å². The quantitative estimate of drug-likeness (QED) is 0.392. The third-order valence-electron chi connectivity index (χ3n) is 5.08. The molecule has 3 rings (SSSR count). The van der Waals surface area contributed by atoms with Gasteiger partial charge in [-0.2, -0.15) is 0 Å². The predicted molar refractivity (Wildman–Crippen MR) is 120 cm³/mol. The van der Waals surface area contributed by atoms with Crippen molar-refractivity contribution in [2.75, 3.05) is 27.2 Å². The molecule has 1 unspecified atom stereocenters. The van der Waals surface area contributed by atoms with Gasteiger partial charge in [0.1, 0.15) is 11.5 Å². The van der Waals surface area contributed by atoms with Crippen molar-refractivity contribution in [3.05, 3.63) is 70.3 Å². The third kappa shape index (κ3) is 5.09. The highest BCUT2D eigenvalue weighted by Gasteiger charge is 2.46. The average Bonchev–Trinajstić information content (AvgIpc) is 2.97. The van der Waals surface area contributed by atoms with Crippen LogP contribution in [0.2, 0.25) is 5.02 Å². The highest BCUT2D eigenvalue weighted by atomic mass is 35.5. The summed E-state index contributed by atoms with van der Waals surface area (Å²) in [6.45, 7) is 4.91. The minimum absolute atomic E-state index is 0.0218. The first-order chi connectivity index (χ1) is 14.7. The molecule has 2 aromatic rings. The van der Waals surface area contributed by atoms with Gasteiger partial charge < -0.3 is 19.6 Å². The van der Waals surface area contributed by atoms with Crippen molar-refractivity contribution in [1.29, 1.82) is 0 Å². The second kappa shape index (κ2) is 9.54. The van der Waals surface area contributed by atoms with Crippen LogP contribution in [0.3, 0.4) is 0 Å². The molecular formula is C24H28ClN2O4+. The highest BCUT2D eigenvalue weighted by molar-refractivity contribution is 6.46. The standard InChI is InChI=1S/C24H27ClN2O4/c1-15(2)31-19-11-7-17(8-12-19)22(28)20-21(16-5-9-18(25)10-6-16)27(14-13-26(3)4)24(30)23(20)29/h5-12,15,21,28H,13-14H2,1-4H3/p+1. The molecule has 0 spiro atoms. The maximum Gasteiger partial charge on any atom is 0.295 e. The number of hydrogen-bond acceptors (Lipinski definition) is 4. The van der Waals surface area contributed by atoms with Crippen LogP contribution in [0.4, 0.5) is 0 Å². The summed E-state index contributed by atoms with van der Waals surface area (Å²) in [6, 6.07) is 13.1. The van der Waals surface area contributed by atoms with Gasteiger partial charge >= 0.3 is 0 Å². The van der Waals surface area contributed by atoms with Crippen LogP contribution < -0.4 is 9.64 Å². The van der Waals surface area contributed by atoms with Crippen LogP contribution in [0.15, 0.2) is 54.1 Å². The van der Waals surface area contributed by atoms with Crippen LogP contribution >= 0.6 is 11.6 Å². The summed E-state index contributed by atoms with van der Waals surface area (Å²) in [4.78, 5) is 28.5. The molecular weight excluding hydrogens is 416 g/mol. The summed E-state index contributed by atoms with van der Waals surface area (Å²) < 4.78 is 5.64. The number of nitrogens with one attached hydrogen (secondary N) is 1. The number of aliphatic hydroxyl groups excluding tert-OH is 1. The summed E-state index contributed by atoms with van der Waals surface area (Å²) in [5, 5.41) is 11.6. The van der Waals surface area contributed by atoms with E-state index in [2.05, 4.69) is 0 Å². The first kappa shape index (κ1) is 22.8. The molecule has 0 aromatic heterocycles. The number of benzene rings is 2. The number of likely N-dealkylation sites (tertiary alicyclic amines) is 1. The minimum atomic E-state index is -0.686. The lowest BCUT2D eigenvalue weighted by atomic mass is 9.95. The zero-order valence-corrected chi connectivity index (χ0v) is 18.9. The number of hydrogen-bond donors (Lipinski definition) is 2. The minimum Gasteiger partial charge on any atom is -0.507 e. The van der Waals surface area contributed by atoms with Gasteiger partial charge in [0.25, 0.3) is 11.7 Å². The molecule has 1 fully saturated rings. The summed E-state index contributed by atoms with van der Waals surface area (Å²) in [6.07, 6.45) is 0.0218. The van der Waals surface area contributed by atoms with Crippen LogP contribution in [-0.4, -0.2) is 55.0 Å². The monoisotopic (exact) mass is 443 g/mol. The van der Waals surface area contributed by atoms with Crippen LogP contribution in [-0.2, 0) is 9.59 Å². The van der Waals surface area contributed by atoms with E-state index in [9.17, 15) is 14.7 Å². The van der Waals surface area contributed by atoms with Gasteiger partial charge in [-0.25, -0.2) is 0 Å². The maximum atomic E-state index is 13.0. The number of ketones is 1. The van der Waals surface area contributed by atoms with Crippen LogP contribution in [0, 0.1) is 0 Å². The Labute approximate surface area is 187 Å². The Morgan fingerprint density at radius 1 is 1.10 bits per heavy atom. The fourth-order valence-corrected chi connectivity index (χ4v) is 3.69. The lowest BCUT2D eigenvalue weighted by molar-refractivity contribution is -0.857. The number of nitrogens with zero attached hydrogens (tertiary/aromatic N) is 1. The van der Waals surface area contributed by atoms with E-state index in [-0.39, 0.29) is 17.4 Å². The topological polar surface area (TPSA) is 71.3 Å². The number of rotatable bonds is 7. The van der Waals surface area contributed by atoms with Crippen molar-refractivity contribution in [3.63, 3.8) is 0 Å². The normalized spacial score (nSPS) is 18.3. The van der Waals surface area contributed by atoms with Crippen molar-refractivity contribution in [2.24, 2.45) is 0 Å². The summed E-state index contributed by atoms with van der Waals surface area (Å²) >= 11 is 6.04. The highest BCUT2D eigenvalue weighted by Crippen LogP contribution is 2.39. The Morgan fingerprint density at radius 2 is 1.71 bits per heavy atom. The first-order valence-corrected chi connectivity index (χ1v) is 10.7. The number of carbonyl (C=O) groups is 2. The lowest BCUT2D eigenvalue weighted by Crippen LogP contribution is -3.06. The number of amides is 1. The van der Waals surface area contributed by atoms with E-state index in [1.807, 2.05) is 27.9 Å². The van der Waals surface area contributed by atoms with Gasteiger partial charge in [0.2, 0.25) is 0 Å². The van der Waals surface area contributed by atoms with Gasteiger partial charge in [0.15, 0.2) is 0 Å². The third-order valence-corrected chi connectivity index (χ3v) is 5.33. The van der Waals surface area contributed by atoms with Crippen molar-refractivity contribution in [2.45, 2.75) is 26.0 Å². The Kier molecular flexibility index (Phi) is 7.03. The van der Waals surface area contributed by atoms with Gasteiger partial charge in [0, 0.05) is 10.6 Å². The molecule has 1 atom stereocenters. The molecule has 0 aliphatic carbocycles. The Morgan fingerprint density at radius 3 is 2.26 bits per heavy atom. The molecule has 7 heteroatoms. The molecule has 1 amide bonds. The van der Waals surface area contributed by atoms with Gasteiger partial charge in [-0.1, -0.05) is 23.7 Å². The number of carbonyl (C=O) groups excluding carboxylic acids is 2. The molecule has 164 valence electrons. The summed E-state index contributed by atoms with van der Waals surface area (Å²) in [5.74, 6) is -0.833. The molecule has 2 N–H and O–H groups in total. The molecule has 0 radical (unpaired) electrons. The Balaban J connectivity index is 2.06. The van der Waals surface area contributed by atoms with Gasteiger partial charge in [-0.05, 0) is 55.8 Å². The van der Waals surface area contributed by atoms with E-state index in [0.717, 1.165) is 10.5 Å². The number of Topliss-reactive ketones (excluding diaryl/α,β-unsaturated/α-hetero) is 1. The summed E-state index contributed by atoms with van der Waals surface area (Å²) in [5.41, 5.74) is 1.25. The number of likely N-dealkylation sites (N-methyl/N-ethyl adjacent to an activating group) is 1. The number of halogens is 1. The molecule has 1 aliphatic heterocycles. The van der Waals surface area contributed by atoms with Crippen LogP contribution in [0.25, 0.3) is 5.76 Å². The van der Waals surface area contributed by atoms with Crippen molar-refractivity contribution in [3.8, 4) is 5.75 Å². The second-order valence-electron chi connectivity index (χ2n) is 8.19. The second-order valence-corrected chi connectivity index (χ2v) is 8.63. The number of quaternary nitrogens is 1. The zero-order valence-electron chi connectivity index (χ0n) is 18.2. The van der Waals surface area contributed by atoms with E-state index in [1.165, 1.54) is 4.90 Å². The van der Waals surface area contributed by atoms with E-state index in [4.69, 9.17) is 16.3 Å². The lowest BCUT2D eigenvalue weighted by Gasteiger charge is -2.25. The Bertz CT molecular complexity index is 982. The number of ether oxygens (including phenoxy) is 1. The molecule has 0 bridgehead atoms. The van der Waals surface area contributed by atoms with Gasteiger partial charge in [-0.3, -0.25) is 9.59 Å². The average molecular weight is 444 g/mol. The summed E-state index contributed by atoms with van der Waals surface area (Å²) in [7, 11) is 3.96. The molecule has 31 heavy (non-hydrogen) atoms. The molecule has 6 nitrogen and oxygen atoms in total. The van der Waals surface area contributed by atoms with E-state index in [0.29, 0.717) is 29.4 Å². The van der Waals surface area contributed by atoms with Crippen molar-refractivity contribution < 1.29 is 24.3 Å². The molecule has 0 saturated carbocycles. The molecule has 1 aliphatic rings.